The molecule has 0 spiro atoms. The second kappa shape index (κ2) is 6.26. The molecule has 2 amide bonds. The lowest BCUT2D eigenvalue weighted by molar-refractivity contribution is -0.129. The first-order valence-electron chi connectivity index (χ1n) is 6.35. The smallest absolute Gasteiger partial charge is 0.271 e. The molecule has 0 saturated carbocycles. The van der Waals surface area contributed by atoms with Crippen LogP contribution in [0.5, 0.6) is 0 Å². The van der Waals surface area contributed by atoms with Crippen LogP contribution in [0.3, 0.4) is 0 Å². The van der Waals surface area contributed by atoms with E-state index in [1.165, 1.54) is 9.80 Å². The van der Waals surface area contributed by atoms with E-state index in [9.17, 15) is 9.59 Å². The number of nitrogens with two attached hydrogens (primary N) is 1. The first kappa shape index (κ1) is 15.1. The standard InChI is InChI=1S/C13H22N4O2/c1-5-16-8-10(14)7-11(16)13(19)17(6-2)9-12(18)15(3)4/h7-8H,5-6,9,14H2,1-4H3. The maximum Gasteiger partial charge on any atom is 0.271 e. The van der Waals surface area contributed by atoms with Crippen LogP contribution in [0.25, 0.3) is 0 Å². The van der Waals surface area contributed by atoms with E-state index in [0.717, 1.165) is 0 Å². The summed E-state index contributed by atoms with van der Waals surface area (Å²) in [6.45, 7) is 5.02. The fraction of sp³-hybridized carbons (Fsp3) is 0.538. The third-order valence-electron chi connectivity index (χ3n) is 2.97. The summed E-state index contributed by atoms with van der Waals surface area (Å²) in [6, 6.07) is 1.65. The lowest BCUT2D eigenvalue weighted by Gasteiger charge is -2.22. The van der Waals surface area contributed by atoms with Crippen LogP contribution in [-0.4, -0.2) is 53.4 Å². The van der Waals surface area contributed by atoms with Crippen LogP contribution in [0.15, 0.2) is 12.3 Å². The quantitative estimate of drug-likeness (QED) is 0.850. The summed E-state index contributed by atoms with van der Waals surface area (Å²) in [7, 11) is 3.35. The van der Waals surface area contributed by atoms with Crippen LogP contribution in [-0.2, 0) is 11.3 Å². The number of rotatable bonds is 5. The molecule has 0 aliphatic heterocycles. The summed E-state index contributed by atoms with van der Waals surface area (Å²) < 4.78 is 1.79. The monoisotopic (exact) mass is 266 g/mol. The number of nitrogen functional groups attached to an aromatic ring is 1. The average Bonchev–Trinajstić information content (AvgIpc) is 2.75. The van der Waals surface area contributed by atoms with Crippen molar-refractivity contribution < 1.29 is 9.59 Å². The minimum atomic E-state index is -0.170. The number of hydrogen-bond donors (Lipinski definition) is 1. The van der Waals surface area contributed by atoms with Crippen molar-refractivity contribution in [2.75, 3.05) is 32.9 Å². The van der Waals surface area contributed by atoms with Crippen molar-refractivity contribution in [3.05, 3.63) is 18.0 Å². The number of aryl methyl sites for hydroxylation is 1. The molecular weight excluding hydrogens is 244 g/mol. The number of carbonyl (C=O) groups is 2. The topological polar surface area (TPSA) is 71.6 Å². The number of aromatic nitrogens is 1. The molecule has 0 unspecified atom stereocenters. The van der Waals surface area contributed by atoms with Crippen LogP contribution in [0.4, 0.5) is 5.69 Å². The Morgan fingerprint density at radius 1 is 1.32 bits per heavy atom. The van der Waals surface area contributed by atoms with Crippen LogP contribution in [0, 0.1) is 0 Å². The van der Waals surface area contributed by atoms with Gasteiger partial charge in [0.1, 0.15) is 12.2 Å². The number of nitrogens with zero attached hydrogens (tertiary/aromatic N) is 3. The van der Waals surface area contributed by atoms with Gasteiger partial charge in [-0.3, -0.25) is 9.59 Å². The van der Waals surface area contributed by atoms with E-state index in [1.807, 2.05) is 13.8 Å². The average molecular weight is 266 g/mol. The number of carbonyl (C=O) groups excluding carboxylic acids is 2. The minimum Gasteiger partial charge on any atom is -0.397 e. The van der Waals surface area contributed by atoms with Gasteiger partial charge in [0, 0.05) is 33.4 Å². The van der Waals surface area contributed by atoms with Crippen molar-refractivity contribution in [1.29, 1.82) is 0 Å². The van der Waals surface area contributed by atoms with Crippen molar-refractivity contribution in [1.82, 2.24) is 14.4 Å². The molecule has 0 bridgehead atoms. The molecule has 1 heterocycles. The van der Waals surface area contributed by atoms with Crippen molar-refractivity contribution >= 4 is 17.5 Å². The number of amides is 2. The second-order valence-corrected chi connectivity index (χ2v) is 4.55. The van der Waals surface area contributed by atoms with Gasteiger partial charge in [-0.2, -0.15) is 0 Å². The highest BCUT2D eigenvalue weighted by atomic mass is 16.2. The molecule has 106 valence electrons. The molecule has 6 nitrogen and oxygen atoms in total. The summed E-state index contributed by atoms with van der Waals surface area (Å²) in [5.41, 5.74) is 6.79. The molecule has 0 aliphatic carbocycles. The highest BCUT2D eigenvalue weighted by molar-refractivity contribution is 5.96. The number of anilines is 1. The Morgan fingerprint density at radius 2 is 1.95 bits per heavy atom. The Kier molecular flexibility index (Phi) is 4.97. The zero-order valence-corrected chi connectivity index (χ0v) is 12.0. The van der Waals surface area contributed by atoms with Gasteiger partial charge in [0.2, 0.25) is 5.91 Å². The molecule has 2 N–H and O–H groups in total. The Bertz CT molecular complexity index is 465. The first-order valence-corrected chi connectivity index (χ1v) is 6.35. The SMILES string of the molecule is CCN(CC(=O)N(C)C)C(=O)c1cc(N)cn1CC. The Hall–Kier alpha value is -1.98. The van der Waals surface area contributed by atoms with Gasteiger partial charge in [-0.1, -0.05) is 0 Å². The molecular formula is C13H22N4O2. The van der Waals surface area contributed by atoms with E-state index in [4.69, 9.17) is 5.73 Å². The fourth-order valence-corrected chi connectivity index (χ4v) is 1.77. The molecule has 0 atom stereocenters. The van der Waals surface area contributed by atoms with Crippen LogP contribution in [0.2, 0.25) is 0 Å². The van der Waals surface area contributed by atoms with Gasteiger partial charge in [0.05, 0.1) is 5.69 Å². The lowest BCUT2D eigenvalue weighted by atomic mass is 10.3. The van der Waals surface area contributed by atoms with Crippen molar-refractivity contribution in [2.45, 2.75) is 20.4 Å². The normalized spacial score (nSPS) is 10.3. The van der Waals surface area contributed by atoms with Gasteiger partial charge < -0.3 is 20.1 Å². The molecule has 0 aromatic carbocycles. The Labute approximate surface area is 113 Å². The third-order valence-corrected chi connectivity index (χ3v) is 2.97. The van der Waals surface area contributed by atoms with Gasteiger partial charge in [-0.25, -0.2) is 0 Å². The minimum absolute atomic E-state index is 0.0805. The number of likely N-dealkylation sites (N-methyl/N-ethyl adjacent to an activating group) is 2. The van der Waals surface area contributed by atoms with Crippen LogP contribution in [0.1, 0.15) is 24.3 Å². The summed E-state index contributed by atoms with van der Waals surface area (Å²) >= 11 is 0. The van der Waals surface area contributed by atoms with Gasteiger partial charge >= 0.3 is 0 Å². The largest absolute Gasteiger partial charge is 0.397 e. The van der Waals surface area contributed by atoms with Crippen molar-refractivity contribution in [3.63, 3.8) is 0 Å². The van der Waals surface area contributed by atoms with E-state index < -0.39 is 0 Å². The molecule has 0 saturated heterocycles. The summed E-state index contributed by atoms with van der Waals surface area (Å²) in [5, 5.41) is 0. The Morgan fingerprint density at radius 3 is 2.42 bits per heavy atom. The first-order chi connectivity index (χ1) is 8.90. The second-order valence-electron chi connectivity index (χ2n) is 4.55. The van der Waals surface area contributed by atoms with Gasteiger partial charge in [0.25, 0.3) is 5.91 Å². The van der Waals surface area contributed by atoms with E-state index >= 15 is 0 Å². The van der Waals surface area contributed by atoms with Gasteiger partial charge in [-0.15, -0.1) is 0 Å². The molecule has 1 rings (SSSR count). The number of hydrogen-bond acceptors (Lipinski definition) is 3. The fourth-order valence-electron chi connectivity index (χ4n) is 1.77. The maximum atomic E-state index is 12.4. The van der Waals surface area contributed by atoms with Gasteiger partial charge in [0.15, 0.2) is 0 Å². The van der Waals surface area contributed by atoms with Crippen LogP contribution < -0.4 is 5.73 Å². The van der Waals surface area contributed by atoms with E-state index in [2.05, 4.69) is 0 Å². The van der Waals surface area contributed by atoms with E-state index in [-0.39, 0.29) is 18.4 Å². The molecule has 6 heteroatoms. The van der Waals surface area contributed by atoms with Gasteiger partial charge in [-0.05, 0) is 19.9 Å². The molecule has 0 radical (unpaired) electrons. The lowest BCUT2D eigenvalue weighted by Crippen LogP contribution is -2.40. The molecule has 19 heavy (non-hydrogen) atoms. The van der Waals surface area contributed by atoms with Crippen molar-refractivity contribution in [2.24, 2.45) is 0 Å². The molecule has 1 aromatic rings. The Balaban J connectivity index is 2.92. The predicted molar refractivity (Wildman–Crippen MR) is 74.8 cm³/mol. The summed E-state index contributed by atoms with van der Waals surface area (Å²) in [4.78, 5) is 27.1. The molecule has 0 fully saturated rings. The molecule has 0 aliphatic rings. The predicted octanol–water partition coefficient (Wildman–Crippen LogP) is 0.640. The van der Waals surface area contributed by atoms with E-state index in [1.54, 1.807) is 30.9 Å². The molecule has 1 aromatic heterocycles. The zero-order valence-electron chi connectivity index (χ0n) is 12.0. The summed E-state index contributed by atoms with van der Waals surface area (Å²) in [6.07, 6.45) is 1.73. The zero-order chi connectivity index (χ0) is 14.6. The highest BCUT2D eigenvalue weighted by Crippen LogP contribution is 2.13. The third kappa shape index (κ3) is 3.49. The van der Waals surface area contributed by atoms with E-state index in [0.29, 0.717) is 24.5 Å². The van der Waals surface area contributed by atoms with Crippen LogP contribution >= 0.6 is 0 Å². The summed E-state index contributed by atoms with van der Waals surface area (Å²) in [5.74, 6) is -0.269. The maximum absolute atomic E-state index is 12.4. The van der Waals surface area contributed by atoms with Crippen molar-refractivity contribution in [3.8, 4) is 0 Å². The highest BCUT2D eigenvalue weighted by Gasteiger charge is 2.21.